The molecule has 1 fully saturated rings. The summed E-state index contributed by atoms with van der Waals surface area (Å²) < 4.78 is 61.7. The zero-order valence-electron chi connectivity index (χ0n) is 28.6. The summed E-state index contributed by atoms with van der Waals surface area (Å²) in [5, 5.41) is 37.5. The second kappa shape index (κ2) is 17.8. The van der Waals surface area contributed by atoms with Crippen molar-refractivity contribution in [2.45, 2.75) is 76.8 Å². The number of thiol groups is 1. The lowest BCUT2D eigenvalue weighted by molar-refractivity contribution is -0.137. The molecule has 3 aliphatic rings. The van der Waals surface area contributed by atoms with Gasteiger partial charge in [0.2, 0.25) is 11.8 Å². The van der Waals surface area contributed by atoms with Gasteiger partial charge in [-0.05, 0) is 12.3 Å². The van der Waals surface area contributed by atoms with Gasteiger partial charge in [-0.15, -0.1) is 0 Å². The molecular weight excluding hydrogens is 779 g/mol. The Labute approximate surface area is 304 Å². The molecular formula is C25H46N7O16P3S. The van der Waals surface area contributed by atoms with Crippen LogP contribution in [0.1, 0.15) is 40.5 Å². The molecule has 0 aromatic rings. The summed E-state index contributed by atoms with van der Waals surface area (Å²) in [6.45, 7) is 4.30. The third-order valence-electron chi connectivity index (χ3n) is 7.81. The number of amides is 2. The lowest BCUT2D eigenvalue weighted by Gasteiger charge is -2.42. The van der Waals surface area contributed by atoms with Gasteiger partial charge in [-0.25, -0.2) is 23.6 Å². The lowest BCUT2D eigenvalue weighted by atomic mass is 9.87. The number of carbonyl (C=O) groups excluding carboxylic acids is 2. The average molecular weight is 826 g/mol. The Bertz CT molecular complexity index is 1530. The Morgan fingerprint density at radius 1 is 1.17 bits per heavy atom. The molecule has 0 radical (unpaired) electrons. The molecule has 2 amide bonds. The fraction of sp³-hybridized carbons (Fsp3) is 0.800. The number of aliphatic hydroxyl groups excluding tert-OH is 2. The Morgan fingerprint density at radius 2 is 1.83 bits per heavy atom. The first-order valence-corrected chi connectivity index (χ1v) is 20.9. The van der Waals surface area contributed by atoms with Gasteiger partial charge in [-0.3, -0.25) is 33.6 Å². The van der Waals surface area contributed by atoms with Crippen molar-refractivity contribution in [2.75, 3.05) is 38.7 Å². The van der Waals surface area contributed by atoms with E-state index in [1.807, 2.05) is 13.8 Å². The topological polar surface area (TPSA) is 341 Å². The fourth-order valence-electron chi connectivity index (χ4n) is 5.45. The molecule has 23 nitrogen and oxygen atoms in total. The van der Waals surface area contributed by atoms with Crippen molar-refractivity contribution in [1.82, 2.24) is 20.9 Å². The quantitative estimate of drug-likeness (QED) is 0.0507. The van der Waals surface area contributed by atoms with E-state index in [4.69, 9.17) is 23.7 Å². The normalized spacial score (nSPS) is 28.1. The zero-order chi connectivity index (χ0) is 39.3. The van der Waals surface area contributed by atoms with Gasteiger partial charge in [0.25, 0.3) is 0 Å². The van der Waals surface area contributed by atoms with Crippen LogP contribution in [0, 0.1) is 16.7 Å². The number of aliphatic hydroxyl groups is 2. The van der Waals surface area contributed by atoms with Crippen molar-refractivity contribution in [3.63, 3.8) is 0 Å². The number of amidine groups is 1. The first kappa shape index (κ1) is 44.7. The minimum absolute atomic E-state index is 0.0406. The second-order valence-electron chi connectivity index (χ2n) is 13.0. The molecule has 10 N–H and O–H groups in total. The number of hydrogen-bond acceptors (Lipinski definition) is 17. The lowest BCUT2D eigenvalue weighted by Crippen LogP contribution is -2.61. The Kier molecular flexibility index (Phi) is 15.3. The van der Waals surface area contributed by atoms with Crippen molar-refractivity contribution >= 4 is 65.8 Å². The van der Waals surface area contributed by atoms with E-state index in [2.05, 4.69) is 42.9 Å². The Balaban J connectivity index is 1.65. The number of fused-ring (bicyclic) bond motifs is 1. The number of nitrogens with zero attached hydrogens (tertiary/aromatic N) is 3. The van der Waals surface area contributed by atoms with Gasteiger partial charge in [0.1, 0.15) is 42.2 Å². The SMILES string of the molecule is CC(C)CC12N=CNC(=N)C1=NCN2[C@@H]1O[C@H](COP(=O)(O)OP(=O)(O)OCC(C)(C)C(O)C(=O)NCCC(=O)NCCS)[C@@H](OP(=O)(O)O)[C@H]1O. The molecule has 0 aromatic carbocycles. The molecule has 0 bridgehead atoms. The molecule has 8 atom stereocenters. The van der Waals surface area contributed by atoms with Gasteiger partial charge >= 0.3 is 23.5 Å². The summed E-state index contributed by atoms with van der Waals surface area (Å²) in [7, 11) is -16.4. The van der Waals surface area contributed by atoms with Crippen LogP contribution in [0.2, 0.25) is 0 Å². The maximum absolute atomic E-state index is 12.8. The minimum atomic E-state index is -5.56. The van der Waals surface area contributed by atoms with E-state index in [0.29, 0.717) is 12.3 Å². The van der Waals surface area contributed by atoms with E-state index in [-0.39, 0.29) is 49.4 Å². The fourth-order valence-corrected chi connectivity index (χ4v) is 8.39. The Hall–Kier alpha value is -1.69. The van der Waals surface area contributed by atoms with Crippen LogP contribution in [0.3, 0.4) is 0 Å². The van der Waals surface area contributed by atoms with Crippen molar-refractivity contribution in [2.24, 2.45) is 21.3 Å². The van der Waals surface area contributed by atoms with Gasteiger partial charge in [0.15, 0.2) is 5.66 Å². The van der Waals surface area contributed by atoms with Crippen LogP contribution in [0.15, 0.2) is 9.98 Å². The summed E-state index contributed by atoms with van der Waals surface area (Å²) in [6, 6.07) is 0. The number of nitrogens with one attached hydrogen (secondary N) is 4. The molecule has 1 saturated heterocycles. The molecule has 298 valence electrons. The molecule has 3 rings (SSSR count). The number of hydrogen-bond donors (Lipinski definition) is 11. The highest BCUT2D eigenvalue weighted by Crippen LogP contribution is 2.61. The van der Waals surface area contributed by atoms with Gasteiger partial charge < -0.3 is 50.5 Å². The largest absolute Gasteiger partial charge is 0.481 e. The molecule has 0 aromatic heterocycles. The second-order valence-corrected chi connectivity index (χ2v) is 17.7. The number of aliphatic imine (C=N–C) groups is 2. The first-order chi connectivity index (χ1) is 23.9. The van der Waals surface area contributed by atoms with Crippen molar-refractivity contribution in [1.29, 1.82) is 5.41 Å². The maximum atomic E-state index is 12.8. The van der Waals surface area contributed by atoms with E-state index < -0.39 is 84.3 Å². The highest BCUT2D eigenvalue weighted by atomic mass is 32.1. The Morgan fingerprint density at radius 3 is 2.44 bits per heavy atom. The van der Waals surface area contributed by atoms with Crippen molar-refractivity contribution in [3.8, 4) is 0 Å². The number of carbonyl (C=O) groups is 2. The van der Waals surface area contributed by atoms with Crippen LogP contribution < -0.4 is 16.0 Å². The van der Waals surface area contributed by atoms with Gasteiger partial charge in [0, 0.05) is 30.7 Å². The monoisotopic (exact) mass is 825 g/mol. The number of rotatable bonds is 20. The molecule has 52 heavy (non-hydrogen) atoms. The first-order valence-electron chi connectivity index (χ1n) is 15.7. The van der Waals surface area contributed by atoms with Crippen LogP contribution in [-0.4, -0.2) is 139 Å². The van der Waals surface area contributed by atoms with Crippen LogP contribution in [-0.2, 0) is 45.9 Å². The van der Waals surface area contributed by atoms with Gasteiger partial charge in [-0.2, -0.15) is 16.9 Å². The smallest absolute Gasteiger partial charge is 0.386 e. The van der Waals surface area contributed by atoms with Crippen LogP contribution in [0.25, 0.3) is 0 Å². The van der Waals surface area contributed by atoms with E-state index in [9.17, 15) is 53.1 Å². The van der Waals surface area contributed by atoms with E-state index >= 15 is 0 Å². The highest BCUT2D eigenvalue weighted by Gasteiger charge is 2.58. The molecule has 3 heterocycles. The standard InChI is InChI=1S/C25H46N7O16P3S/c1-14(2)9-25-19(21(26)29-12-31-25)30-13-32(25)23-17(34)18(47-49(37,38)39)15(46-23)10-44-50(40,41)48-51(42,43)45-11-24(3,4)20(35)22(36)28-6-5-16(33)27-7-8-52/h12,14-15,17-18,20,23,34-35,52H,5-11,13H2,1-4H3,(H,27,33)(H,28,36)(H,40,41)(H,42,43)(H2,26,29,31)(H2,37,38,39)/t15-,17-,18-,20?,23-,25?/m1/s1. The van der Waals surface area contributed by atoms with Crippen LogP contribution >= 0.6 is 36.1 Å². The van der Waals surface area contributed by atoms with Gasteiger partial charge in [0.05, 0.1) is 26.2 Å². The number of ether oxygens (including phenoxy) is 1. The van der Waals surface area contributed by atoms with Crippen molar-refractivity contribution < 1.29 is 75.7 Å². The number of phosphoric ester groups is 3. The minimum Gasteiger partial charge on any atom is -0.386 e. The molecule has 4 unspecified atom stereocenters. The van der Waals surface area contributed by atoms with E-state index in [1.54, 1.807) is 0 Å². The van der Waals surface area contributed by atoms with Crippen molar-refractivity contribution in [3.05, 3.63) is 0 Å². The zero-order valence-corrected chi connectivity index (χ0v) is 32.2. The maximum Gasteiger partial charge on any atom is 0.481 e. The molecule has 0 spiro atoms. The van der Waals surface area contributed by atoms with Crippen LogP contribution in [0.5, 0.6) is 0 Å². The molecule has 3 aliphatic heterocycles. The van der Waals surface area contributed by atoms with E-state index in [1.165, 1.54) is 25.1 Å². The van der Waals surface area contributed by atoms with Gasteiger partial charge in [-0.1, -0.05) is 27.7 Å². The summed E-state index contributed by atoms with van der Waals surface area (Å²) in [5.74, 6) is -1.02. The molecule has 27 heteroatoms. The molecule has 0 aliphatic carbocycles. The summed E-state index contributed by atoms with van der Waals surface area (Å²) >= 11 is 3.96. The summed E-state index contributed by atoms with van der Waals surface area (Å²) in [4.78, 5) is 73.9. The van der Waals surface area contributed by atoms with Crippen LogP contribution in [0.4, 0.5) is 0 Å². The van der Waals surface area contributed by atoms with E-state index in [0.717, 1.165) is 0 Å². The summed E-state index contributed by atoms with van der Waals surface area (Å²) in [6.07, 6.45) is -7.35. The number of phosphoric acid groups is 3. The highest BCUT2D eigenvalue weighted by molar-refractivity contribution is 7.80. The third-order valence-corrected chi connectivity index (χ3v) is 11.1. The summed E-state index contributed by atoms with van der Waals surface area (Å²) in [5.41, 5.74) is -2.72. The predicted molar refractivity (Wildman–Crippen MR) is 184 cm³/mol. The predicted octanol–water partition coefficient (Wildman–Crippen LogP) is -1.19. The average Bonchev–Trinajstić information content (AvgIpc) is 3.53. The molecule has 0 saturated carbocycles. The third kappa shape index (κ3) is 11.9.